The lowest BCUT2D eigenvalue weighted by molar-refractivity contribution is 0.102. The number of Topliss-reactive ketones (excluding diaryl/α,β-unsaturated/α-hetero) is 1. The number of aromatic nitrogens is 2. The number of rotatable bonds is 8. The highest BCUT2D eigenvalue weighted by molar-refractivity contribution is 9.11. The van der Waals surface area contributed by atoms with Gasteiger partial charge in [-0.3, -0.25) is 14.2 Å². The van der Waals surface area contributed by atoms with Crippen molar-refractivity contribution >= 4 is 66.4 Å². The second kappa shape index (κ2) is 8.79. The van der Waals surface area contributed by atoms with E-state index in [1.807, 2.05) is 12.1 Å². The molecule has 0 N–H and O–H groups in total. The van der Waals surface area contributed by atoms with E-state index in [2.05, 4.69) is 15.9 Å². The van der Waals surface area contributed by atoms with Crippen LogP contribution in [0.15, 0.2) is 25.9 Å². The molecule has 1 aliphatic carbocycles. The molecule has 3 aromatic rings. The Morgan fingerprint density at radius 2 is 2.21 bits per heavy atom. The summed E-state index contributed by atoms with van der Waals surface area (Å²) in [5.41, 5.74) is 1.21. The van der Waals surface area contributed by atoms with Crippen molar-refractivity contribution in [2.24, 2.45) is 0 Å². The molecule has 0 spiro atoms. The molecule has 0 radical (unpaired) electrons. The zero-order valence-electron chi connectivity index (χ0n) is 15.3. The van der Waals surface area contributed by atoms with Gasteiger partial charge in [0.25, 0.3) is 5.56 Å². The lowest BCUT2D eigenvalue weighted by Crippen LogP contribution is -2.24. The molecule has 0 unspecified atom stereocenters. The van der Waals surface area contributed by atoms with Gasteiger partial charge in [-0.2, -0.15) is 0 Å². The van der Waals surface area contributed by atoms with E-state index in [1.54, 1.807) is 23.0 Å². The molecule has 0 fully saturated rings. The van der Waals surface area contributed by atoms with Crippen LogP contribution >= 0.6 is 50.4 Å². The lowest BCUT2D eigenvalue weighted by Gasteiger charge is -2.12. The van der Waals surface area contributed by atoms with Gasteiger partial charge in [0.1, 0.15) is 4.83 Å². The Balaban J connectivity index is 1.66. The molecule has 0 atom stereocenters. The summed E-state index contributed by atoms with van der Waals surface area (Å²) in [4.78, 5) is 33.4. The van der Waals surface area contributed by atoms with E-state index in [-0.39, 0.29) is 17.1 Å². The van der Waals surface area contributed by atoms with Crippen LogP contribution in [0.2, 0.25) is 0 Å². The molecule has 3 aromatic heterocycles. The molecule has 3 heterocycles. The zero-order valence-corrected chi connectivity index (χ0v) is 19.4. The van der Waals surface area contributed by atoms with Gasteiger partial charge >= 0.3 is 0 Å². The third-order valence-electron chi connectivity index (χ3n) is 4.70. The quantitative estimate of drug-likeness (QED) is 0.193. The summed E-state index contributed by atoms with van der Waals surface area (Å²) in [6.45, 7) is 1.12. The Kier molecular flexibility index (Phi) is 6.37. The van der Waals surface area contributed by atoms with Gasteiger partial charge in [0.2, 0.25) is 0 Å². The summed E-state index contributed by atoms with van der Waals surface area (Å²) in [5, 5.41) is 1.41. The smallest absolute Gasteiger partial charge is 0.263 e. The van der Waals surface area contributed by atoms with Crippen molar-refractivity contribution in [3.05, 3.63) is 41.6 Å². The molecule has 4 rings (SSSR count). The number of thioether (sulfide) groups is 1. The molecule has 1 aliphatic rings. The molecule has 0 amide bonds. The van der Waals surface area contributed by atoms with Gasteiger partial charge in [-0.25, -0.2) is 4.98 Å². The minimum absolute atomic E-state index is 0.0225. The van der Waals surface area contributed by atoms with Crippen LogP contribution in [0.3, 0.4) is 0 Å². The van der Waals surface area contributed by atoms with Gasteiger partial charge in [-0.1, -0.05) is 11.8 Å². The predicted octanol–water partition coefficient (Wildman–Crippen LogP) is 4.78. The highest BCUT2D eigenvalue weighted by Gasteiger charge is 2.23. The van der Waals surface area contributed by atoms with E-state index in [9.17, 15) is 9.59 Å². The second-order valence-corrected chi connectivity index (χ2v) is 11.0. The maximum atomic E-state index is 13.3. The maximum Gasteiger partial charge on any atom is 0.263 e. The van der Waals surface area contributed by atoms with Crippen molar-refractivity contribution in [2.45, 2.75) is 37.4 Å². The van der Waals surface area contributed by atoms with Gasteiger partial charge in [-0.05, 0) is 59.3 Å². The van der Waals surface area contributed by atoms with Crippen LogP contribution in [0, 0.1) is 0 Å². The Morgan fingerprint density at radius 3 is 2.96 bits per heavy atom. The summed E-state index contributed by atoms with van der Waals surface area (Å²) in [5.74, 6) is 0.312. The number of halogens is 1. The van der Waals surface area contributed by atoms with E-state index < -0.39 is 0 Å². The van der Waals surface area contributed by atoms with Crippen LogP contribution < -0.4 is 5.56 Å². The normalized spacial score (nSPS) is 13.4. The number of fused-ring (bicyclic) bond motifs is 3. The number of nitrogens with zero attached hydrogens (tertiary/aromatic N) is 2. The van der Waals surface area contributed by atoms with Crippen molar-refractivity contribution in [3.8, 4) is 0 Å². The lowest BCUT2D eigenvalue weighted by atomic mass is 10.2. The maximum absolute atomic E-state index is 13.3. The number of ketones is 1. The van der Waals surface area contributed by atoms with E-state index in [0.29, 0.717) is 23.2 Å². The second-order valence-electron chi connectivity index (χ2n) is 6.55. The summed E-state index contributed by atoms with van der Waals surface area (Å²) in [6, 6.07) is 3.70. The SMILES string of the molecule is COCCCn1c(SCC(=O)c2ccc(Br)s2)nc2sc3c(c2c1=O)CCC3. The fourth-order valence-corrected chi connectivity index (χ4v) is 7.02. The molecule has 148 valence electrons. The first-order valence-electron chi connectivity index (χ1n) is 9.04. The Hall–Kier alpha value is -1.00. The molecule has 5 nitrogen and oxygen atoms in total. The number of aryl methyl sites for hydroxylation is 2. The predicted molar refractivity (Wildman–Crippen MR) is 119 cm³/mol. The molecule has 0 bridgehead atoms. The summed E-state index contributed by atoms with van der Waals surface area (Å²) >= 11 is 7.80. The molecule has 0 aliphatic heterocycles. The molecular formula is C19H19BrN2O3S3. The van der Waals surface area contributed by atoms with Crippen LogP contribution in [0.1, 0.15) is 33.0 Å². The van der Waals surface area contributed by atoms with Gasteiger partial charge in [-0.15, -0.1) is 22.7 Å². The van der Waals surface area contributed by atoms with Crippen molar-refractivity contribution in [3.63, 3.8) is 0 Å². The first kappa shape index (κ1) is 20.3. The molecular weight excluding hydrogens is 480 g/mol. The zero-order chi connectivity index (χ0) is 19.7. The van der Waals surface area contributed by atoms with Crippen LogP contribution in [0.25, 0.3) is 10.2 Å². The van der Waals surface area contributed by atoms with Gasteiger partial charge in [0.15, 0.2) is 10.9 Å². The van der Waals surface area contributed by atoms with E-state index >= 15 is 0 Å². The van der Waals surface area contributed by atoms with Crippen molar-refractivity contribution in [2.75, 3.05) is 19.5 Å². The third-order valence-corrected chi connectivity index (χ3v) is 8.53. The summed E-state index contributed by atoms with van der Waals surface area (Å²) in [7, 11) is 1.66. The summed E-state index contributed by atoms with van der Waals surface area (Å²) < 4.78 is 7.82. The molecule has 0 saturated carbocycles. The number of hydrogen-bond acceptors (Lipinski definition) is 7. The van der Waals surface area contributed by atoms with Gasteiger partial charge in [0, 0.05) is 25.1 Å². The number of carbonyl (C=O) groups is 1. The number of thiophene rings is 2. The van der Waals surface area contributed by atoms with Gasteiger partial charge in [0.05, 0.1) is 19.8 Å². The topological polar surface area (TPSA) is 61.2 Å². The molecule has 9 heteroatoms. The Morgan fingerprint density at radius 1 is 1.36 bits per heavy atom. The largest absolute Gasteiger partial charge is 0.385 e. The fourth-order valence-electron chi connectivity index (χ4n) is 3.40. The number of carbonyl (C=O) groups excluding carboxylic acids is 1. The fraction of sp³-hybridized carbons (Fsp3) is 0.421. The van der Waals surface area contributed by atoms with E-state index in [0.717, 1.165) is 39.7 Å². The van der Waals surface area contributed by atoms with Crippen LogP contribution in [-0.4, -0.2) is 34.8 Å². The summed E-state index contributed by atoms with van der Waals surface area (Å²) in [6.07, 6.45) is 3.84. The average Bonchev–Trinajstić information content (AvgIpc) is 3.37. The number of ether oxygens (including phenoxy) is 1. The minimum Gasteiger partial charge on any atom is -0.385 e. The van der Waals surface area contributed by atoms with Crippen molar-refractivity contribution in [1.82, 2.24) is 9.55 Å². The van der Waals surface area contributed by atoms with E-state index in [4.69, 9.17) is 9.72 Å². The first-order chi connectivity index (χ1) is 13.6. The third kappa shape index (κ3) is 4.00. The van der Waals surface area contributed by atoms with Crippen LogP contribution in [-0.2, 0) is 24.1 Å². The standard InChI is InChI=1S/C19H19BrN2O3S3/c1-25-9-3-8-22-18(24)16-11-4-2-5-13(11)28-17(16)21-19(22)26-10-12(23)14-6-7-15(20)27-14/h6-7H,2-5,8-10H2,1H3. The molecule has 0 saturated heterocycles. The van der Waals surface area contributed by atoms with Crippen LogP contribution in [0.4, 0.5) is 0 Å². The molecule has 0 aromatic carbocycles. The Labute approximate surface area is 183 Å². The number of hydrogen-bond donors (Lipinski definition) is 0. The van der Waals surface area contributed by atoms with Crippen molar-refractivity contribution in [1.29, 1.82) is 0 Å². The Bertz CT molecular complexity index is 1090. The minimum atomic E-state index is 0.0225. The first-order valence-corrected chi connectivity index (χ1v) is 12.4. The van der Waals surface area contributed by atoms with Crippen molar-refractivity contribution < 1.29 is 9.53 Å². The molecule has 28 heavy (non-hydrogen) atoms. The van der Waals surface area contributed by atoms with E-state index in [1.165, 1.54) is 33.5 Å². The van der Waals surface area contributed by atoms with Crippen LogP contribution in [0.5, 0.6) is 0 Å². The highest BCUT2D eigenvalue weighted by Crippen LogP contribution is 2.35. The number of methoxy groups -OCH3 is 1. The van der Waals surface area contributed by atoms with Gasteiger partial charge < -0.3 is 4.74 Å². The highest BCUT2D eigenvalue weighted by atomic mass is 79.9. The average molecular weight is 499 g/mol. The monoisotopic (exact) mass is 498 g/mol.